The molecule has 0 fully saturated rings. The summed E-state index contributed by atoms with van der Waals surface area (Å²) in [5.41, 5.74) is 11.2. The highest BCUT2D eigenvalue weighted by Gasteiger charge is 2.46. The van der Waals surface area contributed by atoms with E-state index < -0.39 is 5.41 Å². The topological polar surface area (TPSA) is 38.7 Å². The Morgan fingerprint density at radius 2 is 0.886 bits per heavy atom. The van der Waals surface area contributed by atoms with Crippen LogP contribution < -0.4 is 0 Å². The normalized spacial score (nSPS) is 12.8. The molecule has 0 spiro atoms. The maximum atomic E-state index is 5.10. The van der Waals surface area contributed by atoms with Crippen molar-refractivity contribution in [1.29, 1.82) is 0 Å². The van der Waals surface area contributed by atoms with Crippen LogP contribution >= 0.6 is 0 Å². The van der Waals surface area contributed by atoms with Crippen LogP contribution in [-0.2, 0) is 5.41 Å². The summed E-state index contributed by atoms with van der Waals surface area (Å²) < 4.78 is 0. The van der Waals surface area contributed by atoms with Crippen molar-refractivity contribution >= 4 is 0 Å². The Hall–Kier alpha value is -5.67. The Kier molecular flexibility index (Phi) is 6.23. The Balaban J connectivity index is 1.33. The molecule has 0 aliphatic heterocycles. The van der Waals surface area contributed by atoms with Crippen LogP contribution in [0.2, 0.25) is 0 Å². The quantitative estimate of drug-likeness (QED) is 0.209. The van der Waals surface area contributed by atoms with Gasteiger partial charge in [-0.25, -0.2) is 15.0 Å². The highest BCUT2D eigenvalue weighted by molar-refractivity contribution is 5.94. The van der Waals surface area contributed by atoms with Gasteiger partial charge in [-0.15, -0.1) is 0 Å². The Morgan fingerprint density at radius 3 is 1.57 bits per heavy atom. The zero-order valence-corrected chi connectivity index (χ0v) is 24.4. The zero-order chi connectivity index (χ0) is 29.5. The summed E-state index contributed by atoms with van der Waals surface area (Å²) in [5.74, 6) is 2.05. The molecule has 8 rings (SSSR count). The molecule has 208 valence electrons. The average Bonchev–Trinajstić information content (AvgIpc) is 3.41. The summed E-state index contributed by atoms with van der Waals surface area (Å²) in [6.45, 7) is 1.95. The summed E-state index contributed by atoms with van der Waals surface area (Å²) in [6.07, 6.45) is 0. The van der Waals surface area contributed by atoms with E-state index in [-0.39, 0.29) is 0 Å². The first-order valence-corrected chi connectivity index (χ1v) is 15.0. The summed E-state index contributed by atoms with van der Waals surface area (Å²) in [4.78, 5) is 14.8. The summed E-state index contributed by atoms with van der Waals surface area (Å²) in [5, 5.41) is 0. The Labute approximate surface area is 257 Å². The molecule has 0 N–H and O–H groups in total. The Bertz CT molecular complexity index is 2060. The molecule has 0 saturated carbocycles. The van der Waals surface area contributed by atoms with Crippen molar-refractivity contribution in [3.05, 3.63) is 186 Å². The van der Waals surface area contributed by atoms with Crippen LogP contribution in [0.4, 0.5) is 0 Å². The number of fused-ring (bicyclic) bond motifs is 3. The molecular weight excluding hydrogens is 534 g/mol. The average molecular weight is 564 g/mol. The smallest absolute Gasteiger partial charge is 0.164 e. The molecule has 0 bridgehead atoms. The zero-order valence-electron chi connectivity index (χ0n) is 24.4. The van der Waals surface area contributed by atoms with Gasteiger partial charge in [0.25, 0.3) is 0 Å². The second-order valence-electron chi connectivity index (χ2n) is 11.2. The molecular formula is C41H29N3. The minimum absolute atomic E-state index is 0.470. The second kappa shape index (κ2) is 10.6. The third-order valence-electron chi connectivity index (χ3n) is 8.72. The van der Waals surface area contributed by atoms with Crippen molar-refractivity contribution < 1.29 is 0 Å². The van der Waals surface area contributed by atoms with Gasteiger partial charge in [-0.1, -0.05) is 158 Å². The van der Waals surface area contributed by atoms with Crippen molar-refractivity contribution in [2.24, 2.45) is 0 Å². The number of rotatable bonds is 5. The van der Waals surface area contributed by atoms with E-state index in [1.165, 1.54) is 38.9 Å². The first-order valence-electron chi connectivity index (χ1n) is 15.0. The van der Waals surface area contributed by atoms with Gasteiger partial charge in [-0.3, -0.25) is 0 Å². The van der Waals surface area contributed by atoms with Crippen molar-refractivity contribution in [2.75, 3.05) is 0 Å². The third-order valence-corrected chi connectivity index (χ3v) is 8.72. The van der Waals surface area contributed by atoms with E-state index in [1.807, 2.05) is 13.0 Å². The number of hydrogen-bond donors (Lipinski definition) is 0. The maximum Gasteiger partial charge on any atom is 0.164 e. The molecule has 44 heavy (non-hydrogen) atoms. The van der Waals surface area contributed by atoms with E-state index >= 15 is 0 Å². The van der Waals surface area contributed by atoms with Crippen molar-refractivity contribution in [3.8, 4) is 45.0 Å². The first kappa shape index (κ1) is 26.0. The summed E-state index contributed by atoms with van der Waals surface area (Å²) in [6, 6.07) is 55.9. The van der Waals surface area contributed by atoms with Gasteiger partial charge in [0.1, 0.15) is 5.82 Å². The van der Waals surface area contributed by atoms with Crippen molar-refractivity contribution in [2.45, 2.75) is 12.3 Å². The van der Waals surface area contributed by atoms with Gasteiger partial charge >= 0.3 is 0 Å². The molecule has 6 aromatic carbocycles. The summed E-state index contributed by atoms with van der Waals surface area (Å²) in [7, 11) is 0. The van der Waals surface area contributed by atoms with E-state index in [1.54, 1.807) is 0 Å². The van der Waals surface area contributed by atoms with Crippen LogP contribution in [0.1, 0.15) is 28.1 Å². The van der Waals surface area contributed by atoms with Crippen LogP contribution in [0.15, 0.2) is 158 Å². The predicted octanol–water partition coefficient (Wildman–Crippen LogP) is 9.54. The monoisotopic (exact) mass is 563 g/mol. The lowest BCUT2D eigenvalue weighted by Crippen LogP contribution is -2.28. The van der Waals surface area contributed by atoms with Gasteiger partial charge in [0, 0.05) is 11.1 Å². The number of aryl methyl sites for hydroxylation is 1. The molecule has 1 aliphatic rings. The van der Waals surface area contributed by atoms with Crippen molar-refractivity contribution in [1.82, 2.24) is 15.0 Å². The van der Waals surface area contributed by atoms with Gasteiger partial charge in [0.2, 0.25) is 0 Å². The van der Waals surface area contributed by atoms with Gasteiger partial charge in [-0.05, 0) is 51.4 Å². The Morgan fingerprint density at radius 1 is 0.386 bits per heavy atom. The van der Waals surface area contributed by atoms with Crippen LogP contribution in [0.3, 0.4) is 0 Å². The fraction of sp³-hybridized carbons (Fsp3) is 0.0488. The lowest BCUT2D eigenvalue weighted by Gasteiger charge is -2.33. The molecule has 0 atom stereocenters. The van der Waals surface area contributed by atoms with E-state index in [2.05, 4.69) is 152 Å². The van der Waals surface area contributed by atoms with Crippen LogP contribution in [-0.4, -0.2) is 15.0 Å². The van der Waals surface area contributed by atoms with Gasteiger partial charge < -0.3 is 0 Å². The van der Waals surface area contributed by atoms with E-state index in [0.29, 0.717) is 17.5 Å². The molecule has 0 saturated heterocycles. The molecule has 0 unspecified atom stereocenters. The highest BCUT2D eigenvalue weighted by atomic mass is 15.0. The van der Waals surface area contributed by atoms with E-state index in [4.69, 9.17) is 15.0 Å². The van der Waals surface area contributed by atoms with E-state index in [0.717, 1.165) is 16.7 Å². The van der Waals surface area contributed by atoms with Crippen LogP contribution in [0.25, 0.3) is 45.0 Å². The fourth-order valence-corrected chi connectivity index (χ4v) is 6.85. The second-order valence-corrected chi connectivity index (χ2v) is 11.2. The number of nitrogens with zero attached hydrogens (tertiary/aromatic N) is 3. The fourth-order valence-electron chi connectivity index (χ4n) is 6.85. The highest BCUT2D eigenvalue weighted by Crippen LogP contribution is 2.57. The molecule has 7 aromatic rings. The maximum absolute atomic E-state index is 5.10. The van der Waals surface area contributed by atoms with Gasteiger partial charge in [0.15, 0.2) is 11.6 Å². The predicted molar refractivity (Wildman–Crippen MR) is 178 cm³/mol. The molecule has 3 nitrogen and oxygen atoms in total. The molecule has 1 aliphatic carbocycles. The molecule has 1 aromatic heterocycles. The minimum atomic E-state index is -0.470. The van der Waals surface area contributed by atoms with Gasteiger partial charge in [-0.2, -0.15) is 0 Å². The number of benzene rings is 6. The lowest BCUT2D eigenvalue weighted by molar-refractivity contribution is 0.768. The molecule has 0 amide bonds. The van der Waals surface area contributed by atoms with E-state index in [9.17, 15) is 0 Å². The SMILES string of the molecule is Cc1nc(-c2ccc(-c3ccccc3)cc2)nc(-c2cccc3c2-c2ccccc2C3(c2ccccc2)c2ccccc2)n1. The van der Waals surface area contributed by atoms with Crippen LogP contribution in [0.5, 0.6) is 0 Å². The molecule has 3 heteroatoms. The lowest BCUT2D eigenvalue weighted by atomic mass is 9.67. The van der Waals surface area contributed by atoms with Crippen LogP contribution in [0, 0.1) is 6.92 Å². The number of aromatic nitrogens is 3. The largest absolute Gasteiger partial charge is 0.213 e. The third kappa shape index (κ3) is 4.09. The van der Waals surface area contributed by atoms with Gasteiger partial charge in [0.05, 0.1) is 5.41 Å². The molecule has 0 radical (unpaired) electrons. The standard InChI is InChI=1S/C41H29N3/c1-28-42-39(31-26-24-30(25-27-31)29-14-5-2-6-15-29)44-40(43-28)35-21-13-23-37-38(35)34-20-11-12-22-36(34)41(37,32-16-7-3-8-17-32)33-18-9-4-10-19-33/h2-27H,1H3. The number of hydrogen-bond acceptors (Lipinski definition) is 3. The minimum Gasteiger partial charge on any atom is -0.213 e. The molecule has 1 heterocycles. The first-order chi connectivity index (χ1) is 21.7. The summed E-state index contributed by atoms with van der Waals surface area (Å²) >= 11 is 0. The van der Waals surface area contributed by atoms with Crippen molar-refractivity contribution in [3.63, 3.8) is 0 Å².